The molecular weight excluding hydrogens is 277 g/mol. The van der Waals surface area contributed by atoms with Crippen molar-refractivity contribution in [1.82, 2.24) is 4.98 Å². The van der Waals surface area contributed by atoms with Crippen LogP contribution in [0.2, 0.25) is 10.0 Å². The molecule has 4 nitrogen and oxygen atoms in total. The van der Waals surface area contributed by atoms with E-state index in [9.17, 15) is 9.59 Å². The van der Waals surface area contributed by atoms with Crippen molar-refractivity contribution in [2.24, 2.45) is 0 Å². The van der Waals surface area contributed by atoms with Crippen molar-refractivity contribution < 1.29 is 14.3 Å². The first-order valence-electron chi connectivity index (χ1n) is 5.09. The largest absolute Gasteiger partial charge is 0.469 e. The Kier molecular flexibility index (Phi) is 3.59. The van der Waals surface area contributed by atoms with Crippen LogP contribution in [0.3, 0.4) is 0 Å². The highest BCUT2D eigenvalue weighted by molar-refractivity contribution is 6.41. The summed E-state index contributed by atoms with van der Waals surface area (Å²) in [6, 6.07) is 3.24. The van der Waals surface area contributed by atoms with Gasteiger partial charge in [0.2, 0.25) is 0 Å². The lowest BCUT2D eigenvalue weighted by molar-refractivity contribution is -0.139. The zero-order valence-corrected chi connectivity index (χ0v) is 10.9. The van der Waals surface area contributed by atoms with Crippen molar-refractivity contribution in [1.29, 1.82) is 0 Å². The van der Waals surface area contributed by atoms with Gasteiger partial charge in [0.05, 0.1) is 22.7 Å². The second kappa shape index (κ2) is 5.00. The Balaban J connectivity index is 2.49. The third-order valence-electron chi connectivity index (χ3n) is 2.57. The van der Waals surface area contributed by atoms with E-state index in [2.05, 4.69) is 9.72 Å². The third-order valence-corrected chi connectivity index (χ3v) is 3.20. The summed E-state index contributed by atoms with van der Waals surface area (Å²) in [7, 11) is 1.23. The molecule has 1 aromatic heterocycles. The number of benzene rings is 1. The van der Waals surface area contributed by atoms with E-state index >= 15 is 0 Å². The maximum atomic E-state index is 11.9. The van der Waals surface area contributed by atoms with Gasteiger partial charge in [-0.1, -0.05) is 23.2 Å². The van der Waals surface area contributed by atoms with Crippen molar-refractivity contribution in [2.75, 3.05) is 7.11 Å². The first kappa shape index (κ1) is 12.9. The lowest BCUT2D eigenvalue weighted by Gasteiger charge is -2.01. The van der Waals surface area contributed by atoms with Crippen LogP contribution in [0.15, 0.2) is 18.3 Å². The fraction of sp³-hybridized carbons (Fsp3) is 0.167. The predicted octanol–water partition coefficient (Wildman–Crippen LogP) is 3.22. The normalized spacial score (nSPS) is 10.6. The average molecular weight is 286 g/mol. The van der Waals surface area contributed by atoms with Crippen molar-refractivity contribution >= 4 is 45.9 Å². The van der Waals surface area contributed by atoms with Gasteiger partial charge in [0.15, 0.2) is 5.78 Å². The fourth-order valence-electron chi connectivity index (χ4n) is 1.69. The number of esters is 1. The van der Waals surface area contributed by atoms with Crippen molar-refractivity contribution in [3.05, 3.63) is 33.9 Å². The summed E-state index contributed by atoms with van der Waals surface area (Å²) >= 11 is 12.0. The maximum Gasteiger partial charge on any atom is 0.313 e. The second-order valence-electron chi connectivity index (χ2n) is 3.66. The van der Waals surface area contributed by atoms with Gasteiger partial charge in [-0.3, -0.25) is 9.59 Å². The zero-order valence-electron chi connectivity index (χ0n) is 9.42. The van der Waals surface area contributed by atoms with E-state index in [1.54, 1.807) is 12.1 Å². The van der Waals surface area contributed by atoms with Gasteiger partial charge < -0.3 is 9.72 Å². The molecule has 1 heterocycles. The van der Waals surface area contributed by atoms with Gasteiger partial charge in [0, 0.05) is 17.1 Å². The van der Waals surface area contributed by atoms with Crippen molar-refractivity contribution in [3.63, 3.8) is 0 Å². The van der Waals surface area contributed by atoms with E-state index in [0.717, 1.165) is 0 Å². The molecular formula is C12H9Cl2NO3. The van der Waals surface area contributed by atoms with Crippen LogP contribution in [0.5, 0.6) is 0 Å². The van der Waals surface area contributed by atoms with Crippen LogP contribution in [0, 0.1) is 0 Å². The van der Waals surface area contributed by atoms with Crippen molar-refractivity contribution in [3.8, 4) is 0 Å². The van der Waals surface area contributed by atoms with E-state index in [0.29, 0.717) is 26.5 Å². The number of nitrogens with one attached hydrogen (secondary N) is 1. The van der Waals surface area contributed by atoms with Gasteiger partial charge in [-0.05, 0) is 12.1 Å². The molecule has 0 bridgehead atoms. The number of ketones is 1. The molecule has 1 aromatic carbocycles. The maximum absolute atomic E-state index is 11.9. The van der Waals surface area contributed by atoms with E-state index < -0.39 is 5.97 Å². The molecule has 0 saturated carbocycles. The summed E-state index contributed by atoms with van der Waals surface area (Å²) in [6.45, 7) is 0. The van der Waals surface area contributed by atoms with Gasteiger partial charge in [-0.2, -0.15) is 0 Å². The second-order valence-corrected chi connectivity index (χ2v) is 4.47. The molecule has 0 radical (unpaired) electrons. The standard InChI is InChI=1S/C12H9Cl2NO3/c1-18-10(17)4-9(16)6-5-15-12-8(14)3-2-7(13)11(6)12/h2-3,5,15H,4H2,1H3. The van der Waals surface area contributed by atoms with Crippen LogP contribution in [0.1, 0.15) is 16.8 Å². The van der Waals surface area contributed by atoms with E-state index in [1.165, 1.54) is 13.3 Å². The fourth-order valence-corrected chi connectivity index (χ4v) is 2.16. The van der Waals surface area contributed by atoms with Crippen LogP contribution in [0.25, 0.3) is 10.9 Å². The highest BCUT2D eigenvalue weighted by Crippen LogP contribution is 2.32. The summed E-state index contributed by atoms with van der Waals surface area (Å²) in [6.07, 6.45) is 1.17. The van der Waals surface area contributed by atoms with E-state index in [4.69, 9.17) is 23.2 Å². The zero-order chi connectivity index (χ0) is 13.3. The molecule has 1 N–H and O–H groups in total. The number of aromatic amines is 1. The topological polar surface area (TPSA) is 59.2 Å². The lowest BCUT2D eigenvalue weighted by atomic mass is 10.1. The number of H-pyrrole nitrogens is 1. The van der Waals surface area contributed by atoms with Gasteiger partial charge in [-0.25, -0.2) is 0 Å². The number of halogens is 2. The van der Waals surface area contributed by atoms with E-state index in [1.807, 2.05) is 0 Å². The summed E-state index contributed by atoms with van der Waals surface area (Å²) in [5, 5.41) is 1.40. The Morgan fingerprint density at radius 1 is 1.28 bits per heavy atom. The van der Waals surface area contributed by atoms with Gasteiger partial charge >= 0.3 is 5.97 Å². The average Bonchev–Trinajstić information content (AvgIpc) is 2.79. The summed E-state index contributed by atoms with van der Waals surface area (Å²) in [5.74, 6) is -0.954. The Morgan fingerprint density at radius 3 is 2.61 bits per heavy atom. The van der Waals surface area contributed by atoms with Crippen LogP contribution in [-0.2, 0) is 9.53 Å². The first-order valence-corrected chi connectivity index (χ1v) is 5.85. The molecule has 0 atom stereocenters. The molecule has 0 spiro atoms. The Labute approximate surface area is 113 Å². The molecule has 0 saturated heterocycles. The summed E-state index contributed by atoms with van der Waals surface area (Å²) < 4.78 is 4.46. The predicted molar refractivity (Wildman–Crippen MR) is 69.3 cm³/mol. The molecule has 0 aliphatic carbocycles. The Morgan fingerprint density at radius 2 is 1.94 bits per heavy atom. The summed E-state index contributed by atoms with van der Waals surface area (Å²) in [5.41, 5.74) is 0.917. The highest BCUT2D eigenvalue weighted by Gasteiger charge is 2.18. The number of rotatable bonds is 3. The SMILES string of the molecule is COC(=O)CC(=O)c1c[nH]c2c(Cl)ccc(Cl)c12. The van der Waals surface area contributed by atoms with Gasteiger partial charge in [0.1, 0.15) is 6.42 Å². The molecule has 0 aliphatic rings. The third kappa shape index (κ3) is 2.21. The number of hydrogen-bond acceptors (Lipinski definition) is 3. The molecule has 0 unspecified atom stereocenters. The number of carbonyl (C=O) groups excluding carboxylic acids is 2. The number of aromatic nitrogens is 1. The number of carbonyl (C=O) groups is 2. The molecule has 2 aromatic rings. The van der Waals surface area contributed by atoms with Crippen LogP contribution in [-0.4, -0.2) is 23.8 Å². The van der Waals surface area contributed by atoms with Crippen molar-refractivity contribution in [2.45, 2.75) is 6.42 Å². The molecule has 0 aliphatic heterocycles. The number of Topliss-reactive ketones (excluding diaryl/α,β-unsaturated/α-hetero) is 1. The lowest BCUT2D eigenvalue weighted by Crippen LogP contribution is -2.09. The Bertz CT molecular complexity index is 634. The molecule has 94 valence electrons. The van der Waals surface area contributed by atoms with Gasteiger partial charge in [-0.15, -0.1) is 0 Å². The Hall–Kier alpha value is -1.52. The number of ether oxygens (including phenoxy) is 1. The minimum atomic E-state index is -0.590. The number of fused-ring (bicyclic) bond motifs is 1. The van der Waals surface area contributed by atoms with Gasteiger partial charge in [0.25, 0.3) is 0 Å². The van der Waals surface area contributed by atoms with Crippen LogP contribution in [0.4, 0.5) is 0 Å². The highest BCUT2D eigenvalue weighted by atomic mass is 35.5. The summed E-state index contributed by atoms with van der Waals surface area (Å²) in [4.78, 5) is 25.9. The molecule has 6 heteroatoms. The minimum Gasteiger partial charge on any atom is -0.469 e. The molecule has 2 rings (SSSR count). The molecule has 18 heavy (non-hydrogen) atoms. The monoisotopic (exact) mass is 285 g/mol. The van der Waals surface area contributed by atoms with Crippen LogP contribution >= 0.6 is 23.2 Å². The first-order chi connectivity index (χ1) is 8.54. The molecule has 0 fully saturated rings. The minimum absolute atomic E-state index is 0.327. The van der Waals surface area contributed by atoms with Crippen LogP contribution < -0.4 is 0 Å². The molecule has 0 amide bonds. The quantitative estimate of drug-likeness (QED) is 0.535. The van der Waals surface area contributed by atoms with E-state index in [-0.39, 0.29) is 12.2 Å². The number of hydrogen-bond donors (Lipinski definition) is 1. The number of methoxy groups -OCH3 is 1. The smallest absolute Gasteiger partial charge is 0.313 e.